The van der Waals surface area contributed by atoms with E-state index in [1.807, 2.05) is 0 Å². The number of anilines is 1. The molecule has 3 amide bonds. The molecule has 2 unspecified atom stereocenters. The van der Waals surface area contributed by atoms with Crippen LogP contribution in [-0.4, -0.2) is 46.6 Å². The zero-order valence-electron chi connectivity index (χ0n) is 21.2. The fourth-order valence-electron chi connectivity index (χ4n) is 3.52. The van der Waals surface area contributed by atoms with Gasteiger partial charge in [-0.15, -0.1) is 0 Å². The number of nitrogens with one attached hydrogen (secondary N) is 2. The number of phenolic OH excluding ortho intramolecular Hbond substituents is 1. The number of amides is 3. The van der Waals surface area contributed by atoms with Crippen molar-refractivity contribution in [2.24, 2.45) is 5.92 Å². The smallest absolute Gasteiger partial charge is 0.408 e. The number of aryl methyl sites for hydroxylation is 1. The summed E-state index contributed by atoms with van der Waals surface area (Å²) in [4.78, 5) is 40.7. The fraction of sp³-hybridized carbons (Fsp3) is 0.423. The van der Waals surface area contributed by atoms with Gasteiger partial charge in [-0.3, -0.25) is 9.59 Å². The molecule has 0 radical (unpaired) electrons. The third-order valence-corrected chi connectivity index (χ3v) is 5.60. The Morgan fingerprint density at radius 1 is 1.06 bits per heavy atom. The second-order valence-electron chi connectivity index (χ2n) is 9.70. The summed E-state index contributed by atoms with van der Waals surface area (Å²) in [7, 11) is 1.45. The van der Waals surface area contributed by atoms with Crippen molar-refractivity contribution in [2.75, 3.05) is 12.4 Å². The second kappa shape index (κ2) is 11.4. The molecule has 2 atom stereocenters. The lowest BCUT2D eigenvalue weighted by Crippen LogP contribution is -2.53. The Bertz CT molecular complexity index is 1060. The highest BCUT2D eigenvalue weighted by atomic mass is 35.5. The van der Waals surface area contributed by atoms with Crippen LogP contribution in [0.4, 0.5) is 10.5 Å². The maximum absolute atomic E-state index is 13.6. The van der Waals surface area contributed by atoms with E-state index >= 15 is 0 Å². The highest BCUT2D eigenvalue weighted by molar-refractivity contribution is 6.34. The van der Waals surface area contributed by atoms with E-state index in [1.165, 1.54) is 18.0 Å². The van der Waals surface area contributed by atoms with E-state index < -0.39 is 35.6 Å². The van der Waals surface area contributed by atoms with Crippen molar-refractivity contribution >= 4 is 35.2 Å². The lowest BCUT2D eigenvalue weighted by Gasteiger charge is -2.33. The van der Waals surface area contributed by atoms with E-state index in [-0.39, 0.29) is 17.2 Å². The van der Waals surface area contributed by atoms with Crippen LogP contribution >= 0.6 is 11.6 Å². The van der Waals surface area contributed by atoms with Crippen LogP contribution in [0, 0.1) is 12.8 Å². The Morgan fingerprint density at radius 3 is 2.23 bits per heavy atom. The minimum atomic E-state index is -1.21. The molecule has 0 saturated carbocycles. The largest absolute Gasteiger partial charge is 0.508 e. The van der Waals surface area contributed by atoms with Gasteiger partial charge in [-0.05, 0) is 51.3 Å². The number of phenols is 1. The molecule has 0 fully saturated rings. The molecule has 0 aliphatic heterocycles. The van der Waals surface area contributed by atoms with Crippen LogP contribution in [0.25, 0.3) is 0 Å². The zero-order chi connectivity index (χ0) is 26.5. The van der Waals surface area contributed by atoms with Crippen molar-refractivity contribution in [3.8, 4) is 5.75 Å². The molecule has 3 N–H and O–H groups in total. The minimum Gasteiger partial charge on any atom is -0.508 e. The predicted molar refractivity (Wildman–Crippen MR) is 136 cm³/mol. The van der Waals surface area contributed by atoms with Crippen molar-refractivity contribution in [3.05, 3.63) is 58.6 Å². The maximum atomic E-state index is 13.6. The number of hydrogen-bond acceptors (Lipinski definition) is 5. The van der Waals surface area contributed by atoms with E-state index in [0.29, 0.717) is 10.7 Å². The molecule has 2 rings (SSSR count). The number of nitrogens with zero attached hydrogens (tertiary/aromatic N) is 1. The number of alkyl carbamates (subject to hydrolysis) is 1. The molecule has 2 aromatic rings. The Morgan fingerprint density at radius 2 is 1.69 bits per heavy atom. The molecule has 35 heavy (non-hydrogen) atoms. The third-order valence-electron chi connectivity index (χ3n) is 5.29. The number of hydrogen-bond donors (Lipinski definition) is 3. The topological polar surface area (TPSA) is 108 Å². The molecule has 0 saturated heterocycles. The van der Waals surface area contributed by atoms with Gasteiger partial charge >= 0.3 is 6.09 Å². The van der Waals surface area contributed by atoms with Gasteiger partial charge < -0.3 is 25.4 Å². The lowest BCUT2D eigenvalue weighted by molar-refractivity contribution is -0.140. The molecule has 8 nitrogen and oxygen atoms in total. The van der Waals surface area contributed by atoms with Crippen molar-refractivity contribution < 1.29 is 24.2 Å². The predicted octanol–water partition coefficient (Wildman–Crippen LogP) is 5.04. The molecule has 0 aliphatic carbocycles. The van der Waals surface area contributed by atoms with E-state index in [1.54, 1.807) is 77.9 Å². The first-order valence-electron chi connectivity index (χ1n) is 11.3. The molecular formula is C26H34ClN3O5. The monoisotopic (exact) mass is 503 g/mol. The molecule has 0 spiro atoms. The summed E-state index contributed by atoms with van der Waals surface area (Å²) >= 11 is 6.29. The van der Waals surface area contributed by atoms with Crippen LogP contribution < -0.4 is 10.6 Å². The van der Waals surface area contributed by atoms with E-state index in [0.717, 1.165) is 5.56 Å². The van der Waals surface area contributed by atoms with Gasteiger partial charge in [0.15, 0.2) is 0 Å². The summed E-state index contributed by atoms with van der Waals surface area (Å²) in [6.45, 7) is 10.5. The second-order valence-corrected chi connectivity index (χ2v) is 10.1. The minimum absolute atomic E-state index is 0.149. The first kappa shape index (κ1) is 28.0. The van der Waals surface area contributed by atoms with Gasteiger partial charge in [0.2, 0.25) is 5.91 Å². The summed E-state index contributed by atoms with van der Waals surface area (Å²) < 4.78 is 5.31. The molecule has 2 aromatic carbocycles. The quantitative estimate of drug-likeness (QED) is 0.490. The number of carbonyl (C=O) groups is 3. The lowest BCUT2D eigenvalue weighted by atomic mass is 9.99. The Balaban J connectivity index is 2.43. The molecular weight excluding hydrogens is 470 g/mol. The summed E-state index contributed by atoms with van der Waals surface area (Å²) in [6.07, 6.45) is -0.742. The first-order valence-corrected chi connectivity index (χ1v) is 11.7. The van der Waals surface area contributed by atoms with Crippen molar-refractivity contribution in [2.45, 2.75) is 59.2 Å². The van der Waals surface area contributed by atoms with Gasteiger partial charge in [0.25, 0.3) is 5.91 Å². The standard InChI is InChI=1S/C26H34ClN3O5/c1-15(2)20(29-25(34)35-26(4,5)6)24(33)30(7)22(17-12-8-9-14-19(17)31)23(32)28-21-16(3)11-10-13-18(21)27/h8-15,20,22,31H,1-7H3,(H,28,32)(H,29,34). The van der Waals surface area contributed by atoms with Crippen LogP contribution in [0.15, 0.2) is 42.5 Å². The number of carbonyl (C=O) groups excluding carboxylic acids is 3. The maximum Gasteiger partial charge on any atom is 0.408 e. The third kappa shape index (κ3) is 7.36. The number of para-hydroxylation sites is 2. The van der Waals surface area contributed by atoms with E-state index in [4.69, 9.17) is 16.3 Å². The van der Waals surface area contributed by atoms with Gasteiger partial charge in [-0.25, -0.2) is 4.79 Å². The van der Waals surface area contributed by atoms with Gasteiger partial charge in [0, 0.05) is 12.6 Å². The van der Waals surface area contributed by atoms with Crippen LogP contribution in [0.2, 0.25) is 5.02 Å². The summed E-state index contributed by atoms with van der Waals surface area (Å²) in [5.74, 6) is -1.55. The number of halogens is 1. The van der Waals surface area contributed by atoms with Crippen LogP contribution in [0.3, 0.4) is 0 Å². The number of rotatable bonds is 7. The number of aromatic hydroxyl groups is 1. The average Bonchev–Trinajstić information content (AvgIpc) is 2.74. The molecule has 190 valence electrons. The Kier molecular flexibility index (Phi) is 9.15. The van der Waals surface area contributed by atoms with Crippen molar-refractivity contribution in [1.82, 2.24) is 10.2 Å². The molecule has 9 heteroatoms. The van der Waals surface area contributed by atoms with Crippen molar-refractivity contribution in [3.63, 3.8) is 0 Å². The van der Waals surface area contributed by atoms with E-state index in [9.17, 15) is 19.5 Å². The van der Waals surface area contributed by atoms with Crippen LogP contribution in [0.5, 0.6) is 5.75 Å². The molecule has 0 aromatic heterocycles. The molecule has 0 bridgehead atoms. The Labute approximate surface area is 211 Å². The van der Waals surface area contributed by atoms with Crippen LogP contribution in [0.1, 0.15) is 51.8 Å². The number of likely N-dealkylation sites (N-methyl/N-ethyl adjacent to an activating group) is 1. The normalized spacial score (nSPS) is 13.1. The highest BCUT2D eigenvalue weighted by Gasteiger charge is 2.36. The fourth-order valence-corrected chi connectivity index (χ4v) is 3.79. The number of benzene rings is 2. The summed E-state index contributed by atoms with van der Waals surface area (Å²) in [6, 6.07) is 9.31. The van der Waals surface area contributed by atoms with Gasteiger partial charge in [0.05, 0.1) is 10.7 Å². The van der Waals surface area contributed by atoms with Gasteiger partial charge in [-0.1, -0.05) is 55.8 Å². The SMILES string of the molecule is Cc1cccc(Cl)c1NC(=O)C(c1ccccc1O)N(C)C(=O)C(NC(=O)OC(C)(C)C)C(C)C. The molecule has 0 aliphatic rings. The zero-order valence-corrected chi connectivity index (χ0v) is 21.9. The Hall–Kier alpha value is -3.26. The average molecular weight is 504 g/mol. The van der Waals surface area contributed by atoms with Gasteiger partial charge in [-0.2, -0.15) is 0 Å². The summed E-state index contributed by atoms with van der Waals surface area (Å²) in [5, 5.41) is 16.3. The van der Waals surface area contributed by atoms with Crippen molar-refractivity contribution in [1.29, 1.82) is 0 Å². The summed E-state index contributed by atoms with van der Waals surface area (Å²) in [5.41, 5.74) is 0.631. The highest BCUT2D eigenvalue weighted by Crippen LogP contribution is 2.32. The van der Waals surface area contributed by atoms with Gasteiger partial charge in [0.1, 0.15) is 23.4 Å². The van der Waals surface area contributed by atoms with E-state index in [2.05, 4.69) is 10.6 Å². The molecule has 0 heterocycles. The number of ether oxygens (including phenoxy) is 1. The van der Waals surface area contributed by atoms with Crippen LogP contribution in [-0.2, 0) is 14.3 Å². The first-order chi connectivity index (χ1) is 16.2.